The van der Waals surface area contributed by atoms with E-state index in [4.69, 9.17) is 0 Å². The molecule has 1 aliphatic heterocycles. The van der Waals surface area contributed by atoms with E-state index in [1.807, 2.05) is 18.2 Å². The van der Waals surface area contributed by atoms with E-state index < -0.39 is 62.7 Å². The summed E-state index contributed by atoms with van der Waals surface area (Å²) in [7, 11) is -1.32. The predicted octanol–water partition coefficient (Wildman–Crippen LogP) is 3.39. The van der Waals surface area contributed by atoms with Crippen LogP contribution in [0.25, 0.3) is 11.3 Å². The van der Waals surface area contributed by atoms with Crippen LogP contribution in [0, 0.1) is 17.5 Å². The highest BCUT2D eigenvalue weighted by molar-refractivity contribution is 8.18. The third-order valence-electron chi connectivity index (χ3n) is 7.55. The van der Waals surface area contributed by atoms with Crippen molar-refractivity contribution in [3.8, 4) is 11.3 Å². The minimum Gasteiger partial charge on any atom is -0.395 e. The Labute approximate surface area is 221 Å². The maximum absolute atomic E-state index is 13.7. The van der Waals surface area contributed by atoms with Crippen LogP contribution in [0.15, 0.2) is 42.6 Å². The summed E-state index contributed by atoms with van der Waals surface area (Å²) in [6.07, 6.45) is 1.11. The Morgan fingerprint density at radius 2 is 1.76 bits per heavy atom. The SMILES string of the molecule is CC(C)(O)[C@@H](c1ccccc1C1CC1)[SH]1C[C@H](O)[C@H](n2cc(-c3cc(F)c(F)c(F)c3)nn2)[C@@H](O)[C@H]1CO. The maximum atomic E-state index is 13.7. The van der Waals surface area contributed by atoms with Crippen molar-refractivity contribution in [2.75, 3.05) is 12.4 Å². The van der Waals surface area contributed by atoms with E-state index in [1.54, 1.807) is 13.8 Å². The Bertz CT molecular complexity index is 1290. The van der Waals surface area contributed by atoms with E-state index >= 15 is 0 Å². The van der Waals surface area contributed by atoms with Gasteiger partial charge in [0.2, 0.25) is 0 Å². The van der Waals surface area contributed by atoms with Crippen molar-refractivity contribution in [2.24, 2.45) is 0 Å². The smallest absolute Gasteiger partial charge is 0.194 e. The molecule has 0 bridgehead atoms. The van der Waals surface area contributed by atoms with Crippen LogP contribution in [-0.4, -0.2) is 70.8 Å². The molecule has 1 aliphatic carbocycles. The third-order valence-corrected chi connectivity index (χ3v) is 11.2. The van der Waals surface area contributed by atoms with Crippen molar-refractivity contribution in [1.82, 2.24) is 15.0 Å². The number of benzene rings is 2. The van der Waals surface area contributed by atoms with Gasteiger partial charge >= 0.3 is 0 Å². The molecule has 6 atom stereocenters. The molecule has 1 aromatic heterocycles. The van der Waals surface area contributed by atoms with Gasteiger partial charge in [0.15, 0.2) is 17.5 Å². The monoisotopic (exact) mass is 551 g/mol. The number of hydrogen-bond acceptors (Lipinski definition) is 6. The molecular formula is C27H32F3N3O4S. The zero-order valence-electron chi connectivity index (χ0n) is 21.0. The van der Waals surface area contributed by atoms with E-state index in [0.717, 1.165) is 36.1 Å². The average Bonchev–Trinajstić information content (AvgIpc) is 3.59. The van der Waals surface area contributed by atoms with Crippen molar-refractivity contribution in [3.05, 3.63) is 71.2 Å². The number of aromatic nitrogens is 3. The Morgan fingerprint density at radius 3 is 2.37 bits per heavy atom. The van der Waals surface area contributed by atoms with Crippen molar-refractivity contribution in [1.29, 1.82) is 0 Å². The first-order chi connectivity index (χ1) is 18.0. The molecule has 206 valence electrons. The van der Waals surface area contributed by atoms with Gasteiger partial charge in [-0.2, -0.15) is 0 Å². The van der Waals surface area contributed by atoms with Crippen LogP contribution < -0.4 is 0 Å². The minimum atomic E-state index is -1.59. The molecule has 5 rings (SSSR count). The predicted molar refractivity (Wildman–Crippen MR) is 139 cm³/mol. The second-order valence-electron chi connectivity index (χ2n) is 10.8. The van der Waals surface area contributed by atoms with E-state index in [-0.39, 0.29) is 23.6 Å². The first-order valence-corrected chi connectivity index (χ1v) is 14.3. The second kappa shape index (κ2) is 10.3. The van der Waals surface area contributed by atoms with E-state index in [2.05, 4.69) is 16.4 Å². The third kappa shape index (κ3) is 4.98. The first kappa shape index (κ1) is 27.1. The highest BCUT2D eigenvalue weighted by Crippen LogP contribution is 2.59. The van der Waals surface area contributed by atoms with Gasteiger partial charge in [0, 0.05) is 21.8 Å². The molecule has 2 fully saturated rings. The molecule has 0 spiro atoms. The molecule has 4 N–H and O–H groups in total. The number of hydrogen-bond donors (Lipinski definition) is 5. The van der Waals surface area contributed by atoms with Crippen molar-refractivity contribution < 1.29 is 33.6 Å². The lowest BCUT2D eigenvalue weighted by molar-refractivity contribution is 0.00570. The molecule has 7 nitrogen and oxygen atoms in total. The Balaban J connectivity index is 1.48. The van der Waals surface area contributed by atoms with Gasteiger partial charge in [0.1, 0.15) is 11.7 Å². The van der Waals surface area contributed by atoms with Gasteiger partial charge in [-0.25, -0.2) is 28.7 Å². The normalized spacial score (nSPS) is 27.9. The number of nitrogens with zero attached hydrogens (tertiary/aromatic N) is 3. The lowest BCUT2D eigenvalue weighted by Crippen LogP contribution is -2.52. The van der Waals surface area contributed by atoms with Gasteiger partial charge in [0.25, 0.3) is 0 Å². The molecule has 3 aromatic rings. The molecule has 2 heterocycles. The van der Waals surface area contributed by atoms with Crippen LogP contribution in [-0.2, 0) is 0 Å². The van der Waals surface area contributed by atoms with Crippen LogP contribution in [0.4, 0.5) is 13.2 Å². The molecule has 0 amide bonds. The Kier molecular flexibility index (Phi) is 7.34. The minimum absolute atomic E-state index is 0.0308. The molecule has 11 heteroatoms. The van der Waals surface area contributed by atoms with Crippen LogP contribution in [0.2, 0.25) is 0 Å². The molecule has 2 aliphatic rings. The summed E-state index contributed by atoms with van der Waals surface area (Å²) < 4.78 is 42.1. The highest BCUT2D eigenvalue weighted by atomic mass is 32.2. The standard InChI is InChI=1S/C27H32F3N3O4S/c1-27(2,37)26(17-6-4-3-5-16(17)14-7-8-14)38-13-21(35)24(25(36)22(38)12-34)33-11-20(31-32-33)15-9-18(28)23(30)19(29)10-15/h3-6,9-11,14,21-22,24-26,34-38H,7-8,12-13H2,1-2H3/t21-,22+,24-,25-,26+/m0/s1. The van der Waals surface area contributed by atoms with Crippen LogP contribution in [0.3, 0.4) is 0 Å². The average molecular weight is 552 g/mol. The molecular weight excluding hydrogens is 519 g/mol. The number of thiol groups is 1. The van der Waals surface area contributed by atoms with E-state index in [1.165, 1.54) is 10.9 Å². The number of aliphatic hydroxyl groups is 4. The summed E-state index contributed by atoms with van der Waals surface area (Å²) in [4.78, 5) is 0. The van der Waals surface area contributed by atoms with Crippen molar-refractivity contribution in [2.45, 2.75) is 67.0 Å². The Hall–Kier alpha value is -2.44. The Morgan fingerprint density at radius 1 is 1.11 bits per heavy atom. The quantitative estimate of drug-likeness (QED) is 0.227. The van der Waals surface area contributed by atoms with E-state index in [0.29, 0.717) is 5.92 Å². The molecule has 38 heavy (non-hydrogen) atoms. The first-order valence-electron chi connectivity index (χ1n) is 12.6. The summed E-state index contributed by atoms with van der Waals surface area (Å²) in [6, 6.07) is 8.53. The van der Waals surface area contributed by atoms with Gasteiger partial charge in [-0.1, -0.05) is 29.5 Å². The van der Waals surface area contributed by atoms with Gasteiger partial charge in [-0.05, 0) is 55.9 Å². The fourth-order valence-electron chi connectivity index (χ4n) is 5.70. The van der Waals surface area contributed by atoms with Gasteiger partial charge < -0.3 is 20.4 Å². The van der Waals surface area contributed by atoms with E-state index in [9.17, 15) is 33.6 Å². The summed E-state index contributed by atoms with van der Waals surface area (Å²) in [5.74, 6) is -3.71. The zero-order chi connectivity index (χ0) is 27.4. The molecule has 1 saturated heterocycles. The lowest BCUT2D eigenvalue weighted by atomic mass is 9.92. The lowest BCUT2D eigenvalue weighted by Gasteiger charge is -2.51. The molecule has 1 unspecified atom stereocenters. The van der Waals surface area contributed by atoms with Gasteiger partial charge in [0.05, 0.1) is 30.6 Å². The summed E-state index contributed by atoms with van der Waals surface area (Å²) in [6.45, 7) is 3.06. The number of rotatable bonds is 7. The number of aliphatic hydroxyl groups excluding tert-OH is 3. The molecule has 2 aromatic carbocycles. The largest absolute Gasteiger partial charge is 0.395 e. The summed E-state index contributed by atoms with van der Waals surface area (Å²) in [5, 5.41) is 51.3. The maximum Gasteiger partial charge on any atom is 0.194 e. The second-order valence-corrected chi connectivity index (χ2v) is 13.4. The molecule has 1 saturated carbocycles. The fraction of sp³-hybridized carbons (Fsp3) is 0.481. The van der Waals surface area contributed by atoms with Crippen LogP contribution in [0.5, 0.6) is 0 Å². The zero-order valence-corrected chi connectivity index (χ0v) is 21.9. The topological polar surface area (TPSA) is 112 Å². The summed E-state index contributed by atoms with van der Waals surface area (Å²) >= 11 is 0. The summed E-state index contributed by atoms with van der Waals surface area (Å²) in [5.41, 5.74) is 0.932. The number of halogens is 3. The van der Waals surface area contributed by atoms with Gasteiger partial charge in [-0.15, -0.1) is 5.10 Å². The van der Waals surface area contributed by atoms with Crippen molar-refractivity contribution >= 4 is 10.9 Å². The highest BCUT2D eigenvalue weighted by Gasteiger charge is 2.49. The van der Waals surface area contributed by atoms with Crippen LogP contribution in [0.1, 0.15) is 55.0 Å². The van der Waals surface area contributed by atoms with Crippen LogP contribution >= 0.6 is 10.9 Å². The van der Waals surface area contributed by atoms with Gasteiger partial charge in [-0.3, -0.25) is 0 Å². The fourth-order valence-corrected chi connectivity index (χ4v) is 9.40. The molecule has 0 radical (unpaired) electrons. The van der Waals surface area contributed by atoms with Crippen molar-refractivity contribution in [3.63, 3.8) is 0 Å².